The van der Waals surface area contributed by atoms with E-state index in [0.717, 1.165) is 24.4 Å². The molecule has 0 fully saturated rings. The number of carbonyl (C=O) groups is 1. The lowest BCUT2D eigenvalue weighted by Crippen LogP contribution is -2.32. The Morgan fingerprint density at radius 1 is 1.16 bits per heavy atom. The van der Waals surface area contributed by atoms with Gasteiger partial charge in [-0.25, -0.2) is 13.4 Å². The Hall–Kier alpha value is -2.93. The first kappa shape index (κ1) is 28.6. The van der Waals surface area contributed by atoms with Crippen molar-refractivity contribution in [2.45, 2.75) is 37.2 Å². The molecule has 3 aromatic rings. The number of halogens is 1. The first-order valence-corrected chi connectivity index (χ1v) is 14.5. The summed E-state index contributed by atoms with van der Waals surface area (Å²) in [6, 6.07) is 6.85. The van der Waals surface area contributed by atoms with E-state index in [-0.39, 0.29) is 26.9 Å². The monoisotopic (exact) mass is 566 g/mol. The summed E-state index contributed by atoms with van der Waals surface area (Å²) in [5.41, 5.74) is 1.55. The number of methoxy groups -OCH3 is 1. The summed E-state index contributed by atoms with van der Waals surface area (Å²) in [6.07, 6.45) is 1.41. The SMILES string of the molecule is CCN(CC)CC(=O)Nc1ccc(Nc2ncc(Cl)c(Nc3ccsc3S(=O)(=O)C(C)C)n2)c(OC)c1. The molecular weight excluding hydrogens is 536 g/mol. The fourth-order valence-electron chi connectivity index (χ4n) is 3.31. The van der Waals surface area contributed by atoms with Crippen LogP contribution in [0, 0.1) is 0 Å². The van der Waals surface area contributed by atoms with Gasteiger partial charge < -0.3 is 20.7 Å². The number of anilines is 5. The summed E-state index contributed by atoms with van der Waals surface area (Å²) in [7, 11) is -1.96. The van der Waals surface area contributed by atoms with E-state index in [2.05, 4.69) is 25.9 Å². The van der Waals surface area contributed by atoms with Gasteiger partial charge >= 0.3 is 0 Å². The van der Waals surface area contributed by atoms with Crippen LogP contribution in [0.15, 0.2) is 40.1 Å². The van der Waals surface area contributed by atoms with E-state index in [9.17, 15) is 13.2 Å². The van der Waals surface area contributed by atoms with Gasteiger partial charge in [0.05, 0.1) is 36.5 Å². The van der Waals surface area contributed by atoms with Gasteiger partial charge in [0.2, 0.25) is 11.9 Å². The second-order valence-corrected chi connectivity index (χ2v) is 12.3. The third-order valence-corrected chi connectivity index (χ3v) is 9.45. The zero-order valence-electron chi connectivity index (χ0n) is 21.3. The molecule has 0 unspecified atom stereocenters. The average molecular weight is 567 g/mol. The molecule has 1 amide bonds. The molecule has 37 heavy (non-hydrogen) atoms. The topological polar surface area (TPSA) is 126 Å². The molecule has 200 valence electrons. The van der Waals surface area contributed by atoms with Crippen LogP contribution in [0.5, 0.6) is 5.75 Å². The van der Waals surface area contributed by atoms with Gasteiger partial charge in [0.1, 0.15) is 15.0 Å². The number of carbonyl (C=O) groups excluding carboxylic acids is 1. The molecule has 0 aliphatic carbocycles. The molecule has 0 spiro atoms. The van der Waals surface area contributed by atoms with Gasteiger partial charge in [0.15, 0.2) is 15.7 Å². The number of hydrogen-bond donors (Lipinski definition) is 3. The molecule has 13 heteroatoms. The van der Waals surface area contributed by atoms with E-state index < -0.39 is 15.1 Å². The largest absolute Gasteiger partial charge is 0.494 e. The molecule has 10 nitrogen and oxygen atoms in total. The summed E-state index contributed by atoms with van der Waals surface area (Å²) in [4.78, 5) is 23.0. The van der Waals surface area contributed by atoms with Crippen LogP contribution in [0.1, 0.15) is 27.7 Å². The summed E-state index contributed by atoms with van der Waals surface area (Å²) in [6.45, 7) is 9.15. The average Bonchev–Trinajstić information content (AvgIpc) is 3.34. The summed E-state index contributed by atoms with van der Waals surface area (Å²) in [5, 5.41) is 10.3. The Labute approximate surface area is 226 Å². The summed E-state index contributed by atoms with van der Waals surface area (Å²) in [5.74, 6) is 0.816. The van der Waals surface area contributed by atoms with Gasteiger partial charge in [0, 0.05) is 11.8 Å². The Balaban J connectivity index is 1.79. The van der Waals surface area contributed by atoms with Crippen LogP contribution in [0.3, 0.4) is 0 Å². The van der Waals surface area contributed by atoms with Crippen LogP contribution < -0.4 is 20.7 Å². The molecule has 0 atom stereocenters. The maximum Gasteiger partial charge on any atom is 0.238 e. The van der Waals surface area contributed by atoms with Crippen LogP contribution in [-0.2, 0) is 14.6 Å². The van der Waals surface area contributed by atoms with Gasteiger partial charge in [-0.05, 0) is 50.5 Å². The number of amides is 1. The Morgan fingerprint density at radius 2 is 1.89 bits per heavy atom. The molecule has 0 radical (unpaired) electrons. The number of ether oxygens (including phenoxy) is 1. The van der Waals surface area contributed by atoms with E-state index in [1.54, 1.807) is 43.5 Å². The lowest BCUT2D eigenvalue weighted by molar-refractivity contribution is -0.117. The maximum atomic E-state index is 12.7. The van der Waals surface area contributed by atoms with E-state index >= 15 is 0 Å². The number of thiophene rings is 1. The molecule has 0 aliphatic rings. The zero-order valence-corrected chi connectivity index (χ0v) is 23.7. The molecule has 0 saturated carbocycles. The van der Waals surface area contributed by atoms with Crippen molar-refractivity contribution in [3.8, 4) is 5.75 Å². The van der Waals surface area contributed by atoms with Crippen LogP contribution in [0.2, 0.25) is 5.02 Å². The van der Waals surface area contributed by atoms with Crippen molar-refractivity contribution >= 4 is 67.5 Å². The maximum absolute atomic E-state index is 12.7. The van der Waals surface area contributed by atoms with Crippen molar-refractivity contribution in [2.24, 2.45) is 0 Å². The van der Waals surface area contributed by atoms with Crippen molar-refractivity contribution in [1.29, 1.82) is 0 Å². The number of rotatable bonds is 12. The minimum Gasteiger partial charge on any atom is -0.494 e. The zero-order chi connectivity index (χ0) is 27.2. The predicted molar refractivity (Wildman–Crippen MR) is 150 cm³/mol. The van der Waals surface area contributed by atoms with Crippen molar-refractivity contribution in [1.82, 2.24) is 14.9 Å². The van der Waals surface area contributed by atoms with E-state index in [1.807, 2.05) is 18.7 Å². The number of likely N-dealkylation sites (N-methyl/N-ethyl adjacent to an activating group) is 1. The smallest absolute Gasteiger partial charge is 0.238 e. The highest BCUT2D eigenvalue weighted by Gasteiger charge is 2.25. The van der Waals surface area contributed by atoms with Crippen LogP contribution in [0.25, 0.3) is 0 Å². The second-order valence-electron chi connectivity index (χ2n) is 8.28. The number of sulfone groups is 1. The molecule has 3 rings (SSSR count). The Bertz CT molecular complexity index is 1340. The number of nitrogens with one attached hydrogen (secondary N) is 3. The van der Waals surface area contributed by atoms with E-state index in [0.29, 0.717) is 29.4 Å². The highest BCUT2D eigenvalue weighted by atomic mass is 35.5. The molecule has 0 aliphatic heterocycles. The highest BCUT2D eigenvalue weighted by Crippen LogP contribution is 2.35. The molecule has 0 saturated heterocycles. The lowest BCUT2D eigenvalue weighted by Gasteiger charge is -2.18. The first-order chi connectivity index (χ1) is 17.6. The fraction of sp³-hybridized carbons (Fsp3) is 0.375. The number of nitrogens with zero attached hydrogens (tertiary/aromatic N) is 3. The van der Waals surface area contributed by atoms with Crippen LogP contribution >= 0.6 is 22.9 Å². The van der Waals surface area contributed by atoms with Crippen LogP contribution in [-0.4, -0.2) is 61.2 Å². The lowest BCUT2D eigenvalue weighted by atomic mass is 10.2. The van der Waals surface area contributed by atoms with Crippen molar-refractivity contribution < 1.29 is 17.9 Å². The highest BCUT2D eigenvalue weighted by molar-refractivity contribution is 7.94. The summed E-state index contributed by atoms with van der Waals surface area (Å²) >= 11 is 7.43. The molecule has 0 bridgehead atoms. The Morgan fingerprint density at radius 3 is 2.54 bits per heavy atom. The van der Waals surface area contributed by atoms with Gasteiger partial charge in [-0.3, -0.25) is 9.69 Å². The standard InChI is InChI=1S/C24H31ClN6O4S2/c1-6-31(7-2)14-21(32)27-16-8-9-18(20(12-16)35-5)29-24-26-13-17(25)22(30-24)28-19-10-11-36-23(19)37(33,34)15(3)4/h8-13,15H,6-7,14H2,1-5H3,(H,27,32)(H2,26,28,29,30). The first-order valence-electron chi connectivity index (χ1n) is 11.7. The van der Waals surface area contributed by atoms with Crippen molar-refractivity contribution in [3.05, 3.63) is 40.9 Å². The third kappa shape index (κ3) is 7.10. The number of benzene rings is 1. The number of aromatic nitrogens is 2. The quantitative estimate of drug-likeness (QED) is 0.273. The minimum absolute atomic E-state index is 0.115. The molecule has 2 heterocycles. The van der Waals surface area contributed by atoms with E-state index in [1.165, 1.54) is 13.3 Å². The third-order valence-electron chi connectivity index (χ3n) is 5.50. The molecule has 2 aromatic heterocycles. The van der Waals surface area contributed by atoms with Crippen molar-refractivity contribution in [3.63, 3.8) is 0 Å². The summed E-state index contributed by atoms with van der Waals surface area (Å²) < 4.78 is 31.1. The fourth-order valence-corrected chi connectivity index (χ4v) is 6.15. The van der Waals surface area contributed by atoms with Gasteiger partial charge in [-0.1, -0.05) is 25.4 Å². The second kappa shape index (κ2) is 12.5. The molecular formula is C24H31ClN6O4S2. The number of hydrogen-bond acceptors (Lipinski definition) is 10. The van der Waals surface area contributed by atoms with Crippen LogP contribution in [0.4, 0.5) is 28.8 Å². The Kier molecular flexibility index (Phi) is 9.71. The molecule has 3 N–H and O–H groups in total. The van der Waals surface area contributed by atoms with Gasteiger partial charge in [-0.2, -0.15) is 4.98 Å². The van der Waals surface area contributed by atoms with Gasteiger partial charge in [0.25, 0.3) is 0 Å². The van der Waals surface area contributed by atoms with Crippen molar-refractivity contribution in [2.75, 3.05) is 42.7 Å². The predicted octanol–water partition coefficient (Wildman–Crippen LogP) is 5.15. The minimum atomic E-state index is -3.48. The van der Waals surface area contributed by atoms with E-state index in [4.69, 9.17) is 16.3 Å². The molecule has 1 aromatic carbocycles. The normalized spacial score (nSPS) is 11.6. The van der Waals surface area contributed by atoms with Gasteiger partial charge in [-0.15, -0.1) is 11.3 Å².